The fraction of sp³-hybridized carbons (Fsp3) is 0.929. The Bertz CT molecular complexity index is 220. The fourth-order valence-corrected chi connectivity index (χ4v) is 3.12. The Labute approximate surface area is 112 Å². The van der Waals surface area contributed by atoms with Crippen LogP contribution in [0.25, 0.3) is 0 Å². The van der Waals surface area contributed by atoms with E-state index in [1.807, 2.05) is 0 Å². The summed E-state index contributed by atoms with van der Waals surface area (Å²) >= 11 is 5.52. The number of rotatable bonds is 5. The van der Waals surface area contributed by atoms with Gasteiger partial charge in [-0.15, -0.1) is 0 Å². The summed E-state index contributed by atoms with van der Waals surface area (Å²) in [5, 5.41) is 4.40. The lowest BCUT2D eigenvalue weighted by Crippen LogP contribution is -2.51. The van der Waals surface area contributed by atoms with Crippen LogP contribution in [0.15, 0.2) is 0 Å². The van der Waals surface area contributed by atoms with Gasteiger partial charge in [-0.25, -0.2) is 0 Å². The van der Waals surface area contributed by atoms with Crippen LogP contribution in [0.3, 0.4) is 0 Å². The number of unbranched alkanes of at least 4 members (excludes halogenated alkanes) is 3. The average molecular weight is 256 g/mol. The van der Waals surface area contributed by atoms with Gasteiger partial charge in [0, 0.05) is 18.6 Å². The molecule has 0 bridgehead atoms. The molecule has 0 radical (unpaired) electrons. The molecule has 100 valence electrons. The first-order valence-corrected chi connectivity index (χ1v) is 7.63. The van der Waals surface area contributed by atoms with E-state index in [0.717, 1.165) is 11.7 Å². The molecule has 1 rings (SSSR count). The first-order chi connectivity index (χ1) is 8.16. The summed E-state index contributed by atoms with van der Waals surface area (Å²) in [7, 11) is 0. The zero-order valence-electron chi connectivity index (χ0n) is 11.7. The predicted octanol–water partition coefficient (Wildman–Crippen LogP) is 3.70. The molecule has 0 spiro atoms. The Morgan fingerprint density at radius 3 is 2.41 bits per heavy atom. The summed E-state index contributed by atoms with van der Waals surface area (Å²) in [6, 6.07) is 1.21. The van der Waals surface area contributed by atoms with Crippen molar-refractivity contribution < 1.29 is 0 Å². The lowest BCUT2D eigenvalue weighted by molar-refractivity contribution is 0.189. The molecule has 2 nitrogen and oxygen atoms in total. The van der Waals surface area contributed by atoms with Gasteiger partial charge in [0.1, 0.15) is 0 Å². The first-order valence-electron chi connectivity index (χ1n) is 7.23. The number of nitrogens with zero attached hydrogens (tertiary/aromatic N) is 1. The van der Waals surface area contributed by atoms with Crippen molar-refractivity contribution in [2.24, 2.45) is 0 Å². The normalized spacial score (nSPS) is 24.8. The molecule has 2 atom stereocenters. The lowest BCUT2D eigenvalue weighted by atomic mass is 9.98. The molecule has 0 saturated carbocycles. The lowest BCUT2D eigenvalue weighted by Gasteiger charge is -2.41. The minimum Gasteiger partial charge on any atom is -0.363 e. The van der Waals surface area contributed by atoms with E-state index in [1.54, 1.807) is 0 Å². The predicted molar refractivity (Wildman–Crippen MR) is 79.4 cm³/mol. The third-order valence-corrected chi connectivity index (χ3v) is 4.09. The number of likely N-dealkylation sites (tertiary alicyclic amines) is 1. The second-order valence-corrected chi connectivity index (χ2v) is 5.72. The molecule has 0 amide bonds. The van der Waals surface area contributed by atoms with Gasteiger partial charge in [-0.2, -0.15) is 0 Å². The molecule has 0 aromatic heterocycles. The molecular weight excluding hydrogens is 228 g/mol. The van der Waals surface area contributed by atoms with Crippen molar-refractivity contribution in [3.05, 3.63) is 0 Å². The van der Waals surface area contributed by atoms with E-state index in [1.165, 1.54) is 44.9 Å². The van der Waals surface area contributed by atoms with Crippen molar-refractivity contribution in [1.82, 2.24) is 10.2 Å². The summed E-state index contributed by atoms with van der Waals surface area (Å²) in [6.07, 6.45) is 9.10. The molecule has 1 saturated heterocycles. The van der Waals surface area contributed by atoms with Crippen LogP contribution in [-0.4, -0.2) is 28.6 Å². The van der Waals surface area contributed by atoms with Crippen molar-refractivity contribution in [2.75, 3.05) is 6.54 Å². The summed E-state index contributed by atoms with van der Waals surface area (Å²) in [5.74, 6) is 0. The monoisotopic (exact) mass is 256 g/mol. The van der Waals surface area contributed by atoms with Crippen LogP contribution >= 0.6 is 12.2 Å². The molecule has 0 aliphatic carbocycles. The van der Waals surface area contributed by atoms with E-state index >= 15 is 0 Å². The van der Waals surface area contributed by atoms with Crippen LogP contribution in [0.2, 0.25) is 0 Å². The smallest absolute Gasteiger partial charge is 0.169 e. The Kier molecular flexibility index (Phi) is 6.86. The minimum absolute atomic E-state index is 0.606. The second kappa shape index (κ2) is 7.91. The van der Waals surface area contributed by atoms with Crippen molar-refractivity contribution in [3.8, 4) is 0 Å². The highest BCUT2D eigenvalue weighted by atomic mass is 32.1. The van der Waals surface area contributed by atoms with Crippen LogP contribution in [0.5, 0.6) is 0 Å². The highest BCUT2D eigenvalue weighted by Crippen LogP contribution is 2.22. The quantitative estimate of drug-likeness (QED) is 0.596. The van der Waals surface area contributed by atoms with Gasteiger partial charge in [0.25, 0.3) is 0 Å². The van der Waals surface area contributed by atoms with Gasteiger partial charge >= 0.3 is 0 Å². The van der Waals surface area contributed by atoms with Crippen molar-refractivity contribution in [2.45, 2.75) is 77.8 Å². The zero-order chi connectivity index (χ0) is 12.7. The van der Waals surface area contributed by atoms with Crippen LogP contribution in [-0.2, 0) is 0 Å². The molecule has 1 aliphatic rings. The van der Waals surface area contributed by atoms with Crippen LogP contribution < -0.4 is 5.32 Å². The van der Waals surface area contributed by atoms with Gasteiger partial charge in [0.15, 0.2) is 5.11 Å². The molecule has 1 heterocycles. The Balaban J connectivity index is 2.25. The largest absolute Gasteiger partial charge is 0.363 e. The molecule has 0 aromatic rings. The highest BCUT2D eigenvalue weighted by molar-refractivity contribution is 7.80. The van der Waals surface area contributed by atoms with E-state index in [2.05, 4.69) is 31.0 Å². The van der Waals surface area contributed by atoms with Gasteiger partial charge in [0.05, 0.1) is 0 Å². The summed E-state index contributed by atoms with van der Waals surface area (Å²) in [4.78, 5) is 2.40. The maximum absolute atomic E-state index is 5.52. The molecule has 1 aliphatic heterocycles. The molecule has 0 aromatic carbocycles. The number of nitrogens with one attached hydrogen (secondary N) is 1. The zero-order valence-corrected chi connectivity index (χ0v) is 12.5. The third kappa shape index (κ3) is 4.82. The standard InChI is InChI=1S/C14H28N2S/c1-4-5-6-7-11-15-14(17)16-12(2)9-8-10-13(16)3/h12-13H,4-11H2,1-3H3,(H,15,17)/t12-,13-/m1/s1. The van der Waals surface area contributed by atoms with Crippen molar-refractivity contribution in [3.63, 3.8) is 0 Å². The van der Waals surface area contributed by atoms with Crippen molar-refractivity contribution >= 4 is 17.3 Å². The SMILES string of the molecule is CCCCCCNC(=S)N1[C@H](C)CCC[C@H]1C. The highest BCUT2D eigenvalue weighted by Gasteiger charge is 2.26. The number of piperidine rings is 1. The average Bonchev–Trinajstić information content (AvgIpc) is 2.28. The van der Waals surface area contributed by atoms with Gasteiger partial charge in [0.2, 0.25) is 0 Å². The fourth-order valence-electron chi connectivity index (χ4n) is 2.66. The molecule has 0 unspecified atom stereocenters. The molecular formula is C14H28N2S. The maximum Gasteiger partial charge on any atom is 0.169 e. The van der Waals surface area contributed by atoms with E-state index in [4.69, 9.17) is 12.2 Å². The van der Waals surface area contributed by atoms with Gasteiger partial charge < -0.3 is 10.2 Å². The summed E-state index contributed by atoms with van der Waals surface area (Å²) in [6.45, 7) is 7.87. The molecule has 3 heteroatoms. The number of hydrogen-bond acceptors (Lipinski definition) is 1. The van der Waals surface area contributed by atoms with E-state index < -0.39 is 0 Å². The molecule has 17 heavy (non-hydrogen) atoms. The van der Waals surface area contributed by atoms with Gasteiger partial charge in [-0.3, -0.25) is 0 Å². The summed E-state index contributed by atoms with van der Waals surface area (Å²) in [5.41, 5.74) is 0. The minimum atomic E-state index is 0.606. The van der Waals surface area contributed by atoms with Crippen LogP contribution in [0.1, 0.15) is 65.7 Å². The molecule has 1 fully saturated rings. The number of thiocarbonyl (C=S) groups is 1. The Morgan fingerprint density at radius 2 is 1.82 bits per heavy atom. The third-order valence-electron chi connectivity index (χ3n) is 3.73. The Morgan fingerprint density at radius 1 is 1.18 bits per heavy atom. The second-order valence-electron chi connectivity index (χ2n) is 5.33. The van der Waals surface area contributed by atoms with Crippen LogP contribution in [0, 0.1) is 0 Å². The van der Waals surface area contributed by atoms with E-state index in [0.29, 0.717) is 12.1 Å². The Hall–Kier alpha value is -0.310. The topological polar surface area (TPSA) is 15.3 Å². The summed E-state index contributed by atoms with van der Waals surface area (Å²) < 4.78 is 0. The van der Waals surface area contributed by atoms with Gasteiger partial charge in [-0.05, 0) is 51.7 Å². The first kappa shape index (κ1) is 14.7. The van der Waals surface area contributed by atoms with E-state index in [9.17, 15) is 0 Å². The van der Waals surface area contributed by atoms with E-state index in [-0.39, 0.29) is 0 Å². The number of hydrogen-bond donors (Lipinski definition) is 1. The molecule has 1 N–H and O–H groups in total. The maximum atomic E-state index is 5.52. The van der Waals surface area contributed by atoms with Crippen LogP contribution in [0.4, 0.5) is 0 Å². The van der Waals surface area contributed by atoms with Crippen molar-refractivity contribution in [1.29, 1.82) is 0 Å². The van der Waals surface area contributed by atoms with Gasteiger partial charge in [-0.1, -0.05) is 26.2 Å².